The third-order valence-corrected chi connectivity index (χ3v) is 3.88. The van der Waals surface area contributed by atoms with E-state index in [2.05, 4.69) is 15.4 Å². The van der Waals surface area contributed by atoms with Crippen molar-refractivity contribution in [3.05, 3.63) is 53.6 Å². The number of hydrogen-bond donors (Lipinski definition) is 2. The highest BCUT2D eigenvalue weighted by atomic mass is 19.4. The van der Waals surface area contributed by atoms with Crippen LogP contribution in [-0.2, 0) is 6.54 Å². The summed E-state index contributed by atoms with van der Waals surface area (Å²) in [5.74, 6) is 0.880. The second-order valence-electron chi connectivity index (χ2n) is 5.82. The highest BCUT2D eigenvalue weighted by Crippen LogP contribution is 2.34. The fourth-order valence-corrected chi connectivity index (χ4v) is 2.56. The van der Waals surface area contributed by atoms with Crippen LogP contribution in [0.4, 0.5) is 18.0 Å². The maximum atomic E-state index is 12.4. The van der Waals surface area contributed by atoms with Gasteiger partial charge in [0.25, 0.3) is 0 Å². The van der Waals surface area contributed by atoms with Crippen molar-refractivity contribution in [3.63, 3.8) is 0 Å². The lowest BCUT2D eigenvalue weighted by molar-refractivity contribution is -0.274. The molecule has 27 heavy (non-hydrogen) atoms. The third-order valence-electron chi connectivity index (χ3n) is 3.88. The lowest BCUT2D eigenvalue weighted by Crippen LogP contribution is -2.36. The van der Waals surface area contributed by atoms with E-state index in [1.807, 2.05) is 0 Å². The number of carbonyl (C=O) groups excluding carboxylic acids is 1. The summed E-state index contributed by atoms with van der Waals surface area (Å²) in [5, 5.41) is 5.24. The molecule has 2 aromatic rings. The zero-order valence-electron chi connectivity index (χ0n) is 14.3. The molecule has 3 rings (SSSR count). The van der Waals surface area contributed by atoms with E-state index in [1.54, 1.807) is 31.2 Å². The number of ether oxygens (including phenoxy) is 3. The van der Waals surface area contributed by atoms with Crippen LogP contribution in [-0.4, -0.2) is 19.2 Å². The second-order valence-corrected chi connectivity index (χ2v) is 5.82. The van der Waals surface area contributed by atoms with E-state index in [-0.39, 0.29) is 30.7 Å². The van der Waals surface area contributed by atoms with E-state index < -0.39 is 12.4 Å². The molecule has 144 valence electrons. The number of rotatable bonds is 5. The summed E-state index contributed by atoms with van der Waals surface area (Å²) in [6, 6.07) is 10.1. The number of amides is 2. The van der Waals surface area contributed by atoms with Crippen LogP contribution in [0.1, 0.15) is 24.1 Å². The molecule has 9 heteroatoms. The molecular formula is C18H17F3N2O4. The van der Waals surface area contributed by atoms with Gasteiger partial charge in [0.15, 0.2) is 11.5 Å². The molecule has 1 unspecified atom stereocenters. The number of benzene rings is 2. The van der Waals surface area contributed by atoms with Gasteiger partial charge in [0, 0.05) is 12.1 Å². The van der Waals surface area contributed by atoms with Crippen LogP contribution in [0, 0.1) is 0 Å². The second kappa shape index (κ2) is 7.65. The topological polar surface area (TPSA) is 68.8 Å². The van der Waals surface area contributed by atoms with Crippen LogP contribution < -0.4 is 24.8 Å². The molecule has 2 aromatic carbocycles. The van der Waals surface area contributed by atoms with Gasteiger partial charge in [-0.1, -0.05) is 24.3 Å². The van der Waals surface area contributed by atoms with Crippen molar-refractivity contribution in [1.29, 1.82) is 0 Å². The van der Waals surface area contributed by atoms with Crippen LogP contribution in [0.25, 0.3) is 0 Å². The molecule has 1 aliphatic heterocycles. The van der Waals surface area contributed by atoms with Crippen molar-refractivity contribution < 1.29 is 32.2 Å². The molecule has 1 aliphatic rings. The Bertz CT molecular complexity index is 826. The lowest BCUT2D eigenvalue weighted by atomic mass is 10.1. The normalized spacial score (nSPS) is 13.8. The molecule has 0 aromatic heterocycles. The SMILES string of the molecule is CC(NC(=O)NCc1ccccc1OC(F)(F)F)c1ccc2c(c1)OCO2. The number of para-hydroxylation sites is 1. The average Bonchev–Trinajstić information content (AvgIpc) is 3.07. The number of alkyl halides is 3. The minimum atomic E-state index is -4.80. The predicted octanol–water partition coefficient (Wildman–Crippen LogP) is 3.87. The lowest BCUT2D eigenvalue weighted by Gasteiger charge is -2.17. The molecule has 0 fully saturated rings. The van der Waals surface area contributed by atoms with Crippen molar-refractivity contribution in [3.8, 4) is 17.2 Å². The number of nitrogens with one attached hydrogen (secondary N) is 2. The van der Waals surface area contributed by atoms with Crippen LogP contribution >= 0.6 is 0 Å². The fourth-order valence-electron chi connectivity index (χ4n) is 2.56. The largest absolute Gasteiger partial charge is 0.573 e. The third kappa shape index (κ3) is 4.96. The van der Waals surface area contributed by atoms with Gasteiger partial charge in [0.1, 0.15) is 5.75 Å². The van der Waals surface area contributed by atoms with Crippen molar-refractivity contribution >= 4 is 6.03 Å². The van der Waals surface area contributed by atoms with Gasteiger partial charge < -0.3 is 24.8 Å². The molecule has 1 atom stereocenters. The van der Waals surface area contributed by atoms with Gasteiger partial charge in [-0.2, -0.15) is 0 Å². The van der Waals surface area contributed by atoms with Crippen LogP contribution in [0.3, 0.4) is 0 Å². The van der Waals surface area contributed by atoms with E-state index >= 15 is 0 Å². The Kier molecular flexibility index (Phi) is 5.29. The Morgan fingerprint density at radius 1 is 1.19 bits per heavy atom. The zero-order chi connectivity index (χ0) is 19.4. The molecule has 0 spiro atoms. The van der Waals surface area contributed by atoms with Crippen LogP contribution in [0.5, 0.6) is 17.2 Å². The summed E-state index contributed by atoms with van der Waals surface area (Å²) in [4.78, 5) is 12.1. The summed E-state index contributed by atoms with van der Waals surface area (Å²) in [5.41, 5.74) is 1.01. The summed E-state index contributed by atoms with van der Waals surface area (Å²) in [6.07, 6.45) is -4.80. The van der Waals surface area contributed by atoms with Crippen molar-refractivity contribution in [2.75, 3.05) is 6.79 Å². The van der Waals surface area contributed by atoms with E-state index in [0.717, 1.165) is 5.56 Å². The molecule has 6 nitrogen and oxygen atoms in total. The van der Waals surface area contributed by atoms with Gasteiger partial charge in [0.2, 0.25) is 6.79 Å². The Morgan fingerprint density at radius 3 is 2.70 bits per heavy atom. The van der Waals surface area contributed by atoms with Crippen LogP contribution in [0.15, 0.2) is 42.5 Å². The average molecular weight is 382 g/mol. The van der Waals surface area contributed by atoms with Gasteiger partial charge in [-0.25, -0.2) is 4.79 Å². The van der Waals surface area contributed by atoms with Gasteiger partial charge in [0.05, 0.1) is 6.04 Å². The number of hydrogen-bond acceptors (Lipinski definition) is 4. The van der Waals surface area contributed by atoms with Gasteiger partial charge in [-0.15, -0.1) is 13.2 Å². The number of halogens is 3. The smallest absolute Gasteiger partial charge is 0.454 e. The van der Waals surface area contributed by atoms with E-state index in [9.17, 15) is 18.0 Å². The molecule has 0 saturated carbocycles. The van der Waals surface area contributed by atoms with Crippen molar-refractivity contribution in [2.24, 2.45) is 0 Å². The summed E-state index contributed by atoms with van der Waals surface area (Å²) in [6.45, 7) is 1.81. The number of urea groups is 1. The quantitative estimate of drug-likeness (QED) is 0.824. The maximum Gasteiger partial charge on any atom is 0.573 e. The molecule has 0 saturated heterocycles. The number of carbonyl (C=O) groups is 1. The monoisotopic (exact) mass is 382 g/mol. The maximum absolute atomic E-state index is 12.4. The molecule has 2 amide bonds. The van der Waals surface area contributed by atoms with Gasteiger partial charge in [-0.05, 0) is 30.7 Å². The highest BCUT2D eigenvalue weighted by Gasteiger charge is 2.32. The van der Waals surface area contributed by atoms with Crippen molar-refractivity contribution in [1.82, 2.24) is 10.6 Å². The standard InChI is InChI=1S/C18H17F3N2O4/c1-11(12-6-7-15-16(8-12)26-10-25-15)23-17(24)22-9-13-4-2-3-5-14(13)27-18(19,20)21/h2-8,11H,9-10H2,1H3,(H2,22,23,24). The minimum absolute atomic E-state index is 0.119. The first-order valence-corrected chi connectivity index (χ1v) is 8.09. The first-order valence-electron chi connectivity index (χ1n) is 8.09. The number of fused-ring (bicyclic) bond motifs is 1. The van der Waals surface area contributed by atoms with E-state index in [4.69, 9.17) is 9.47 Å². The fraction of sp³-hybridized carbons (Fsp3) is 0.278. The molecule has 0 aliphatic carbocycles. The summed E-state index contributed by atoms with van der Waals surface area (Å²) < 4.78 is 51.8. The molecule has 0 bridgehead atoms. The van der Waals surface area contributed by atoms with Gasteiger partial charge in [-0.3, -0.25) is 0 Å². The van der Waals surface area contributed by atoms with Crippen LogP contribution in [0.2, 0.25) is 0 Å². The molecular weight excluding hydrogens is 365 g/mol. The van der Waals surface area contributed by atoms with E-state index in [0.29, 0.717) is 11.5 Å². The molecule has 0 radical (unpaired) electrons. The minimum Gasteiger partial charge on any atom is -0.454 e. The van der Waals surface area contributed by atoms with E-state index in [1.165, 1.54) is 18.2 Å². The Hall–Kier alpha value is -3.10. The summed E-state index contributed by atoms with van der Waals surface area (Å²) >= 11 is 0. The Balaban J connectivity index is 1.57. The highest BCUT2D eigenvalue weighted by molar-refractivity contribution is 5.74. The first-order chi connectivity index (χ1) is 12.8. The summed E-state index contributed by atoms with van der Waals surface area (Å²) in [7, 11) is 0. The van der Waals surface area contributed by atoms with Gasteiger partial charge >= 0.3 is 12.4 Å². The predicted molar refractivity (Wildman–Crippen MR) is 89.5 cm³/mol. The Morgan fingerprint density at radius 2 is 1.93 bits per heavy atom. The molecule has 1 heterocycles. The Labute approximate surface area is 153 Å². The molecule has 2 N–H and O–H groups in total. The first kappa shape index (κ1) is 18.7. The zero-order valence-corrected chi connectivity index (χ0v) is 14.3. The van der Waals surface area contributed by atoms with Crippen molar-refractivity contribution in [2.45, 2.75) is 25.9 Å².